The highest BCUT2D eigenvalue weighted by atomic mass is 16.7. The van der Waals surface area contributed by atoms with Crippen LogP contribution in [0.2, 0.25) is 0 Å². The monoisotopic (exact) mass is 271 g/mol. The van der Waals surface area contributed by atoms with Gasteiger partial charge in [0.15, 0.2) is 6.10 Å². The van der Waals surface area contributed by atoms with Gasteiger partial charge in [0.2, 0.25) is 0 Å². The third-order valence-corrected chi connectivity index (χ3v) is 3.00. The highest BCUT2D eigenvalue weighted by Gasteiger charge is 2.53. The summed E-state index contributed by atoms with van der Waals surface area (Å²) in [5.74, 6) is -1.72. The first-order valence-electron chi connectivity index (χ1n) is 5.84. The maximum atomic E-state index is 9.88. The normalized spacial score (nSPS) is 39.0. The van der Waals surface area contributed by atoms with Gasteiger partial charge in [-0.25, -0.2) is 0 Å². The minimum atomic E-state index is -2.05. The molecule has 106 valence electrons. The first-order valence-corrected chi connectivity index (χ1v) is 5.84. The summed E-state index contributed by atoms with van der Waals surface area (Å²) in [4.78, 5) is 0. The fraction of sp³-hybridized carbons (Fsp3) is 0.500. The van der Waals surface area contributed by atoms with Crippen molar-refractivity contribution in [1.29, 1.82) is 0 Å². The zero-order valence-corrected chi connectivity index (χ0v) is 10.1. The van der Waals surface area contributed by atoms with Crippen LogP contribution in [0.25, 0.3) is 0 Å². The molecule has 1 fully saturated rings. The average Bonchev–Trinajstić information content (AvgIpc) is 2.42. The average molecular weight is 271 g/mol. The van der Waals surface area contributed by atoms with Crippen molar-refractivity contribution < 1.29 is 29.9 Å². The highest BCUT2D eigenvalue weighted by molar-refractivity contribution is 5.22. The molecule has 1 aromatic carbocycles. The summed E-state index contributed by atoms with van der Waals surface area (Å²) in [5.41, 5.74) is 5.78. The molecule has 0 spiro atoms. The van der Waals surface area contributed by atoms with Crippen molar-refractivity contribution in [1.82, 2.24) is 0 Å². The van der Waals surface area contributed by atoms with Crippen molar-refractivity contribution >= 4 is 0 Å². The van der Waals surface area contributed by atoms with Gasteiger partial charge in [0, 0.05) is 0 Å². The zero-order chi connectivity index (χ0) is 14.0. The second kappa shape index (κ2) is 5.41. The van der Waals surface area contributed by atoms with Gasteiger partial charge in [-0.15, -0.1) is 0 Å². The summed E-state index contributed by atoms with van der Waals surface area (Å²) in [6.45, 7) is -0.567. The van der Waals surface area contributed by atoms with E-state index in [1.807, 2.05) is 0 Å². The third kappa shape index (κ3) is 2.71. The summed E-state index contributed by atoms with van der Waals surface area (Å²) in [7, 11) is 0. The van der Waals surface area contributed by atoms with Gasteiger partial charge in [-0.2, -0.15) is 0 Å². The topological polar surface area (TPSA) is 125 Å². The molecule has 0 bridgehead atoms. The Morgan fingerprint density at radius 1 is 1.16 bits per heavy atom. The van der Waals surface area contributed by atoms with Gasteiger partial charge in [0.05, 0.1) is 6.61 Å². The van der Waals surface area contributed by atoms with Crippen LogP contribution in [0.4, 0.5) is 0 Å². The predicted molar refractivity (Wildman–Crippen MR) is 64.0 cm³/mol. The summed E-state index contributed by atoms with van der Waals surface area (Å²) >= 11 is 0. The number of ether oxygens (including phenoxy) is 2. The Balaban J connectivity index is 2.21. The van der Waals surface area contributed by atoms with Crippen molar-refractivity contribution in [2.24, 2.45) is 5.73 Å². The van der Waals surface area contributed by atoms with E-state index in [1.165, 1.54) is 0 Å². The van der Waals surface area contributed by atoms with Crippen molar-refractivity contribution in [2.45, 2.75) is 30.3 Å². The molecule has 0 amide bonds. The van der Waals surface area contributed by atoms with Crippen LogP contribution in [0.3, 0.4) is 0 Å². The van der Waals surface area contributed by atoms with Crippen LogP contribution in [0, 0.1) is 0 Å². The van der Waals surface area contributed by atoms with Crippen LogP contribution in [0.5, 0.6) is 5.75 Å². The van der Waals surface area contributed by atoms with Gasteiger partial charge in [0.1, 0.15) is 24.1 Å². The molecule has 0 aliphatic carbocycles. The van der Waals surface area contributed by atoms with E-state index in [0.717, 1.165) is 0 Å². The summed E-state index contributed by atoms with van der Waals surface area (Å²) in [6.07, 6.45) is -5.84. The summed E-state index contributed by atoms with van der Waals surface area (Å²) in [6, 6.07) is 8.35. The first kappa shape index (κ1) is 14.2. The van der Waals surface area contributed by atoms with Crippen molar-refractivity contribution in [3.8, 4) is 5.75 Å². The lowest BCUT2D eigenvalue weighted by Crippen LogP contribution is -2.71. The van der Waals surface area contributed by atoms with Crippen LogP contribution < -0.4 is 10.5 Å². The lowest BCUT2D eigenvalue weighted by molar-refractivity contribution is -0.335. The SMILES string of the molecule is N[C@]1(Oc2ccccc2)O[C@H](CO)[C@@H](O)[C@H](O)[C@@H]1O. The molecule has 1 aliphatic rings. The van der Waals surface area contributed by atoms with E-state index in [1.54, 1.807) is 30.3 Å². The minimum Gasteiger partial charge on any atom is -0.447 e. The van der Waals surface area contributed by atoms with Crippen LogP contribution in [-0.2, 0) is 4.74 Å². The fourth-order valence-electron chi connectivity index (χ4n) is 1.92. The molecule has 0 aromatic heterocycles. The van der Waals surface area contributed by atoms with Gasteiger partial charge >= 0.3 is 0 Å². The first-order chi connectivity index (χ1) is 8.98. The number of aliphatic hydroxyl groups is 4. The van der Waals surface area contributed by atoms with Crippen LogP contribution in [-0.4, -0.2) is 57.4 Å². The molecule has 19 heavy (non-hydrogen) atoms. The van der Waals surface area contributed by atoms with Crippen LogP contribution >= 0.6 is 0 Å². The number of benzene rings is 1. The predicted octanol–water partition coefficient (Wildman–Crippen LogP) is -1.85. The van der Waals surface area contributed by atoms with E-state index in [2.05, 4.69) is 0 Å². The summed E-state index contributed by atoms with van der Waals surface area (Å²) in [5, 5.41) is 38.3. The summed E-state index contributed by atoms with van der Waals surface area (Å²) < 4.78 is 10.5. The molecule has 0 saturated carbocycles. The molecular formula is C12H17NO6. The molecule has 5 atom stereocenters. The Hall–Kier alpha value is -1.22. The Labute approximate surface area is 109 Å². The lowest BCUT2D eigenvalue weighted by atomic mass is 9.97. The highest BCUT2D eigenvalue weighted by Crippen LogP contribution is 2.28. The van der Waals surface area contributed by atoms with Crippen molar-refractivity contribution in [3.05, 3.63) is 30.3 Å². The van der Waals surface area contributed by atoms with Crippen LogP contribution in [0.1, 0.15) is 0 Å². The van der Waals surface area contributed by atoms with Crippen molar-refractivity contribution in [3.63, 3.8) is 0 Å². The molecular weight excluding hydrogens is 254 g/mol. The number of aliphatic hydroxyl groups excluding tert-OH is 4. The molecule has 1 aliphatic heterocycles. The molecule has 0 unspecified atom stereocenters. The van der Waals surface area contributed by atoms with E-state index in [9.17, 15) is 15.3 Å². The molecule has 7 heteroatoms. The van der Waals surface area contributed by atoms with Crippen LogP contribution in [0.15, 0.2) is 30.3 Å². The number of rotatable bonds is 3. The van der Waals surface area contributed by atoms with E-state index < -0.39 is 36.9 Å². The molecule has 7 nitrogen and oxygen atoms in total. The van der Waals surface area contributed by atoms with Crippen molar-refractivity contribution in [2.75, 3.05) is 6.61 Å². The second-order valence-electron chi connectivity index (χ2n) is 4.40. The Bertz CT molecular complexity index is 414. The molecule has 0 radical (unpaired) electrons. The smallest absolute Gasteiger partial charge is 0.298 e. The van der Waals surface area contributed by atoms with Gasteiger partial charge in [-0.1, -0.05) is 18.2 Å². The number of hydrogen-bond donors (Lipinski definition) is 5. The van der Waals surface area contributed by atoms with Gasteiger partial charge in [-0.3, -0.25) is 5.73 Å². The number of para-hydroxylation sites is 1. The Morgan fingerprint density at radius 3 is 2.37 bits per heavy atom. The molecule has 1 heterocycles. The fourth-order valence-corrected chi connectivity index (χ4v) is 1.92. The molecule has 1 saturated heterocycles. The molecule has 6 N–H and O–H groups in total. The minimum absolute atomic E-state index is 0.323. The van der Waals surface area contributed by atoms with E-state index in [-0.39, 0.29) is 0 Å². The third-order valence-electron chi connectivity index (χ3n) is 3.00. The zero-order valence-electron chi connectivity index (χ0n) is 10.1. The van der Waals surface area contributed by atoms with Gasteiger partial charge < -0.3 is 29.9 Å². The largest absolute Gasteiger partial charge is 0.447 e. The number of nitrogens with two attached hydrogens (primary N) is 1. The second-order valence-corrected chi connectivity index (χ2v) is 4.40. The van der Waals surface area contributed by atoms with Gasteiger partial charge in [-0.05, 0) is 12.1 Å². The molecule has 2 rings (SSSR count). The standard InChI is InChI=1S/C12H17NO6/c13-12(18-7-4-2-1-3-5-7)11(17)10(16)9(15)8(6-14)19-12/h1-5,8-11,14-17H,6,13H2/t8-,9-,10+,11+,12-/m1/s1. The quantitative estimate of drug-likeness (QED) is 0.409. The molecule has 1 aromatic rings. The van der Waals surface area contributed by atoms with Gasteiger partial charge in [0.25, 0.3) is 5.91 Å². The van der Waals surface area contributed by atoms with E-state index >= 15 is 0 Å². The van der Waals surface area contributed by atoms with E-state index in [0.29, 0.717) is 5.75 Å². The van der Waals surface area contributed by atoms with E-state index in [4.69, 9.17) is 20.3 Å². The Kier molecular flexibility index (Phi) is 4.04. The Morgan fingerprint density at radius 2 is 1.79 bits per heavy atom. The maximum absolute atomic E-state index is 9.88. The lowest BCUT2D eigenvalue weighted by Gasteiger charge is -2.45. The maximum Gasteiger partial charge on any atom is 0.298 e. The number of hydrogen-bond acceptors (Lipinski definition) is 7.